The molecule has 5 heteroatoms. The largest absolute Gasteiger partial charge is 0.481 e. The van der Waals surface area contributed by atoms with E-state index >= 15 is 0 Å². The summed E-state index contributed by atoms with van der Waals surface area (Å²) in [6.07, 6.45) is 0.574. The lowest BCUT2D eigenvalue weighted by molar-refractivity contribution is -0.137. The average Bonchev–Trinajstić information content (AvgIpc) is 2.86. The number of carboxylic acid groups (broad SMARTS) is 1. The van der Waals surface area contributed by atoms with Crippen LogP contribution in [0.25, 0.3) is 11.5 Å². The molecule has 0 spiro atoms. The van der Waals surface area contributed by atoms with Gasteiger partial charge in [-0.25, -0.2) is 0 Å². The molecule has 2 aromatic rings. The van der Waals surface area contributed by atoms with Gasteiger partial charge in [-0.05, 0) is 29.5 Å². The van der Waals surface area contributed by atoms with Crippen LogP contribution in [0, 0.1) is 5.92 Å². The number of nitrogens with zero attached hydrogens (tertiary/aromatic N) is 2. The highest BCUT2D eigenvalue weighted by atomic mass is 16.4. The third-order valence-corrected chi connectivity index (χ3v) is 3.34. The van der Waals surface area contributed by atoms with E-state index in [1.54, 1.807) is 0 Å². The lowest BCUT2D eigenvalue weighted by atomic mass is 10.0. The van der Waals surface area contributed by atoms with E-state index in [2.05, 4.69) is 36.2 Å². The molecule has 21 heavy (non-hydrogen) atoms. The first-order chi connectivity index (χ1) is 9.95. The Morgan fingerprint density at radius 2 is 1.86 bits per heavy atom. The second-order valence-corrected chi connectivity index (χ2v) is 5.68. The van der Waals surface area contributed by atoms with Crippen molar-refractivity contribution in [3.63, 3.8) is 0 Å². The molecule has 0 radical (unpaired) electrons. The Bertz CT molecular complexity index is 602. The van der Waals surface area contributed by atoms with Crippen LogP contribution in [0.2, 0.25) is 0 Å². The molecule has 5 nitrogen and oxygen atoms in total. The van der Waals surface area contributed by atoms with Gasteiger partial charge < -0.3 is 9.52 Å². The highest BCUT2D eigenvalue weighted by Crippen LogP contribution is 2.22. The van der Waals surface area contributed by atoms with Crippen LogP contribution in [0.1, 0.15) is 44.6 Å². The third kappa shape index (κ3) is 4.15. The Kier molecular flexibility index (Phi) is 4.73. The molecule has 112 valence electrons. The minimum Gasteiger partial charge on any atom is -0.481 e. The molecule has 0 aliphatic heterocycles. The zero-order valence-corrected chi connectivity index (χ0v) is 12.5. The predicted molar refractivity (Wildman–Crippen MR) is 78.9 cm³/mol. The lowest BCUT2D eigenvalue weighted by Crippen LogP contribution is -2.07. The first-order valence-electron chi connectivity index (χ1n) is 7.10. The van der Waals surface area contributed by atoms with E-state index in [1.807, 2.05) is 19.1 Å². The maximum atomic E-state index is 10.6. The van der Waals surface area contributed by atoms with E-state index in [-0.39, 0.29) is 12.3 Å². The van der Waals surface area contributed by atoms with Crippen LogP contribution >= 0.6 is 0 Å². The van der Waals surface area contributed by atoms with E-state index in [0.717, 1.165) is 5.56 Å². The molecule has 1 aromatic carbocycles. The van der Waals surface area contributed by atoms with Crippen LogP contribution in [-0.2, 0) is 11.2 Å². The van der Waals surface area contributed by atoms with Gasteiger partial charge in [0.05, 0.1) is 0 Å². The van der Waals surface area contributed by atoms with E-state index in [9.17, 15) is 4.79 Å². The van der Waals surface area contributed by atoms with Crippen molar-refractivity contribution >= 4 is 5.97 Å². The van der Waals surface area contributed by atoms with Gasteiger partial charge in [0.15, 0.2) is 0 Å². The van der Waals surface area contributed by atoms with E-state index in [0.29, 0.717) is 24.1 Å². The molecular formula is C16H20N2O3. The van der Waals surface area contributed by atoms with Crippen molar-refractivity contribution in [1.82, 2.24) is 10.2 Å². The molecule has 0 aliphatic rings. The Balaban J connectivity index is 2.07. The van der Waals surface area contributed by atoms with Gasteiger partial charge in [-0.2, -0.15) is 0 Å². The first kappa shape index (κ1) is 15.2. The number of rotatable bonds is 6. The third-order valence-electron chi connectivity index (χ3n) is 3.34. The average molecular weight is 288 g/mol. The number of aliphatic carboxylic acids is 1. The molecule has 0 bridgehead atoms. The zero-order chi connectivity index (χ0) is 15.4. The summed E-state index contributed by atoms with van der Waals surface area (Å²) in [5, 5.41) is 16.8. The summed E-state index contributed by atoms with van der Waals surface area (Å²) >= 11 is 0. The molecule has 1 heterocycles. The van der Waals surface area contributed by atoms with Crippen molar-refractivity contribution in [2.75, 3.05) is 0 Å². The second-order valence-electron chi connectivity index (χ2n) is 5.68. The van der Waals surface area contributed by atoms with Crippen LogP contribution < -0.4 is 0 Å². The Hall–Kier alpha value is -2.17. The van der Waals surface area contributed by atoms with Gasteiger partial charge in [-0.1, -0.05) is 32.9 Å². The van der Waals surface area contributed by atoms with E-state index in [4.69, 9.17) is 9.52 Å². The summed E-state index contributed by atoms with van der Waals surface area (Å²) in [5.74, 6) is 0.592. The fourth-order valence-corrected chi connectivity index (χ4v) is 2.13. The minimum absolute atomic E-state index is 0.0286. The van der Waals surface area contributed by atoms with Crippen LogP contribution in [-0.4, -0.2) is 21.3 Å². The van der Waals surface area contributed by atoms with Crippen LogP contribution in [0.3, 0.4) is 0 Å². The molecule has 0 fully saturated rings. The standard InChI is InChI=1S/C16H20N2O3/c1-10(2)12-4-6-13(7-5-12)16-18-17-14(21-16)8-11(3)9-15(19)20/h4-7,10-11H,8-9H2,1-3H3,(H,19,20). The summed E-state index contributed by atoms with van der Waals surface area (Å²) in [6.45, 7) is 6.14. The van der Waals surface area contributed by atoms with Crippen molar-refractivity contribution in [1.29, 1.82) is 0 Å². The molecule has 0 amide bonds. The number of hydrogen-bond donors (Lipinski definition) is 1. The molecule has 0 aliphatic carbocycles. The van der Waals surface area contributed by atoms with Gasteiger partial charge in [-0.15, -0.1) is 10.2 Å². The van der Waals surface area contributed by atoms with Crippen LogP contribution in [0.5, 0.6) is 0 Å². The van der Waals surface area contributed by atoms with E-state index < -0.39 is 5.97 Å². The minimum atomic E-state index is -0.813. The lowest BCUT2D eigenvalue weighted by Gasteiger charge is -2.05. The maximum absolute atomic E-state index is 10.6. The normalized spacial score (nSPS) is 12.6. The quantitative estimate of drug-likeness (QED) is 0.880. The number of hydrogen-bond acceptors (Lipinski definition) is 4. The highest BCUT2D eigenvalue weighted by molar-refractivity contribution is 5.66. The SMILES string of the molecule is CC(CC(=O)O)Cc1nnc(-c2ccc(C(C)C)cc2)o1. The second kappa shape index (κ2) is 6.52. The summed E-state index contributed by atoms with van der Waals surface area (Å²) in [5.41, 5.74) is 2.14. The van der Waals surface area contributed by atoms with Crippen molar-refractivity contribution in [2.45, 2.75) is 39.5 Å². The molecule has 1 unspecified atom stereocenters. The Morgan fingerprint density at radius 1 is 1.19 bits per heavy atom. The number of carbonyl (C=O) groups is 1. The monoisotopic (exact) mass is 288 g/mol. The summed E-state index contributed by atoms with van der Waals surface area (Å²) in [4.78, 5) is 10.6. The molecule has 1 aromatic heterocycles. The van der Waals surface area contributed by atoms with Gasteiger partial charge in [0.2, 0.25) is 11.8 Å². The van der Waals surface area contributed by atoms with Crippen LogP contribution in [0.4, 0.5) is 0 Å². The fourth-order valence-electron chi connectivity index (χ4n) is 2.13. The molecule has 1 atom stereocenters. The Morgan fingerprint density at radius 3 is 2.43 bits per heavy atom. The van der Waals surface area contributed by atoms with Gasteiger partial charge >= 0.3 is 5.97 Å². The molecule has 2 rings (SSSR count). The van der Waals surface area contributed by atoms with Gasteiger partial charge in [-0.3, -0.25) is 4.79 Å². The summed E-state index contributed by atoms with van der Waals surface area (Å²) in [6, 6.07) is 8.04. The van der Waals surface area contributed by atoms with Crippen LogP contribution in [0.15, 0.2) is 28.7 Å². The molecule has 0 saturated heterocycles. The zero-order valence-electron chi connectivity index (χ0n) is 12.5. The van der Waals surface area contributed by atoms with Gasteiger partial charge in [0.1, 0.15) is 0 Å². The molecule has 0 saturated carbocycles. The first-order valence-corrected chi connectivity index (χ1v) is 7.10. The predicted octanol–water partition coefficient (Wildman–Crippen LogP) is 3.51. The fraction of sp³-hybridized carbons (Fsp3) is 0.438. The van der Waals surface area contributed by atoms with Crippen molar-refractivity contribution in [2.24, 2.45) is 5.92 Å². The summed E-state index contributed by atoms with van der Waals surface area (Å²) in [7, 11) is 0. The Labute approximate surface area is 124 Å². The van der Waals surface area contributed by atoms with Gasteiger partial charge in [0, 0.05) is 18.4 Å². The number of benzene rings is 1. The summed E-state index contributed by atoms with van der Waals surface area (Å²) < 4.78 is 5.61. The number of carboxylic acids is 1. The van der Waals surface area contributed by atoms with E-state index in [1.165, 1.54) is 5.56 Å². The number of aromatic nitrogens is 2. The molecular weight excluding hydrogens is 268 g/mol. The highest BCUT2D eigenvalue weighted by Gasteiger charge is 2.14. The smallest absolute Gasteiger partial charge is 0.303 e. The molecule has 1 N–H and O–H groups in total. The van der Waals surface area contributed by atoms with Crippen molar-refractivity contribution < 1.29 is 14.3 Å². The van der Waals surface area contributed by atoms with Crippen molar-refractivity contribution in [3.8, 4) is 11.5 Å². The van der Waals surface area contributed by atoms with Gasteiger partial charge in [0.25, 0.3) is 0 Å². The topological polar surface area (TPSA) is 76.2 Å². The van der Waals surface area contributed by atoms with Crippen molar-refractivity contribution in [3.05, 3.63) is 35.7 Å². The maximum Gasteiger partial charge on any atom is 0.303 e.